The molecule has 1 aromatic heterocycles. The van der Waals surface area contributed by atoms with E-state index in [-0.39, 0.29) is 12.2 Å². The van der Waals surface area contributed by atoms with Crippen molar-refractivity contribution >= 4 is 17.6 Å². The van der Waals surface area contributed by atoms with Gasteiger partial charge in [-0.2, -0.15) is 0 Å². The maximum Gasteiger partial charge on any atom is 0.342 e. The van der Waals surface area contributed by atoms with Crippen molar-refractivity contribution in [1.82, 2.24) is 5.16 Å². The molecule has 0 aliphatic heterocycles. The number of para-hydroxylation sites is 2. The first-order valence-electron chi connectivity index (χ1n) is 9.16. The van der Waals surface area contributed by atoms with Gasteiger partial charge in [0, 0.05) is 5.69 Å². The molecule has 0 fully saturated rings. The topological polar surface area (TPSA) is 90.7 Å². The molecule has 7 heteroatoms. The second-order valence-corrected chi connectivity index (χ2v) is 6.49. The van der Waals surface area contributed by atoms with Gasteiger partial charge >= 0.3 is 5.97 Å². The molecule has 0 spiro atoms. The summed E-state index contributed by atoms with van der Waals surface area (Å²) in [4.78, 5) is 24.9. The number of nitrogens with zero attached hydrogens (tertiary/aromatic N) is 1. The van der Waals surface area contributed by atoms with Gasteiger partial charge in [-0.15, -0.1) is 0 Å². The van der Waals surface area contributed by atoms with Crippen molar-refractivity contribution in [3.63, 3.8) is 0 Å². The third-order valence-electron chi connectivity index (χ3n) is 4.35. The summed E-state index contributed by atoms with van der Waals surface area (Å²) in [5.74, 6) is -0.0457. The zero-order valence-corrected chi connectivity index (χ0v) is 16.5. The van der Waals surface area contributed by atoms with Gasteiger partial charge in [0.2, 0.25) is 0 Å². The third kappa shape index (κ3) is 5.01. The lowest BCUT2D eigenvalue weighted by atomic mass is 10.2. The van der Waals surface area contributed by atoms with Crippen LogP contribution in [0.3, 0.4) is 0 Å². The minimum Gasteiger partial charge on any atom is -0.488 e. The summed E-state index contributed by atoms with van der Waals surface area (Å²) in [6, 6.07) is 15.7. The molecule has 1 amide bonds. The molecule has 29 heavy (non-hydrogen) atoms. The zero-order chi connectivity index (χ0) is 20.8. The third-order valence-corrected chi connectivity index (χ3v) is 4.35. The number of aromatic nitrogens is 1. The average molecular weight is 394 g/mol. The summed E-state index contributed by atoms with van der Waals surface area (Å²) in [7, 11) is 0. The number of aryl methyl sites for hydroxylation is 2. The average Bonchev–Trinajstić information content (AvgIpc) is 3.04. The van der Waals surface area contributed by atoms with Crippen molar-refractivity contribution in [2.75, 3.05) is 5.32 Å². The molecule has 1 N–H and O–H groups in total. The lowest BCUT2D eigenvalue weighted by molar-refractivity contribution is -0.123. The van der Waals surface area contributed by atoms with Crippen molar-refractivity contribution in [2.45, 2.75) is 33.5 Å². The number of carbonyl (C=O) groups excluding carboxylic acids is 2. The maximum absolute atomic E-state index is 12.6. The molecule has 0 unspecified atom stereocenters. The Morgan fingerprint density at radius 2 is 1.76 bits per heavy atom. The zero-order valence-electron chi connectivity index (χ0n) is 16.5. The number of nitrogens with one attached hydrogen (secondary N) is 1. The normalized spacial score (nSPS) is 11.6. The van der Waals surface area contributed by atoms with Gasteiger partial charge in [-0.05, 0) is 45.0 Å². The van der Waals surface area contributed by atoms with Crippen LogP contribution in [0.25, 0.3) is 0 Å². The summed E-state index contributed by atoms with van der Waals surface area (Å²) >= 11 is 0. The van der Waals surface area contributed by atoms with E-state index in [1.54, 1.807) is 55.5 Å². The summed E-state index contributed by atoms with van der Waals surface area (Å²) < 4.78 is 16.3. The molecule has 2 aromatic carbocycles. The first-order chi connectivity index (χ1) is 14.0. The number of ether oxygens (including phenoxy) is 2. The first-order valence-corrected chi connectivity index (χ1v) is 9.16. The fourth-order valence-corrected chi connectivity index (χ4v) is 2.66. The van der Waals surface area contributed by atoms with E-state index in [2.05, 4.69) is 10.5 Å². The van der Waals surface area contributed by atoms with E-state index >= 15 is 0 Å². The standard InChI is InChI=1S/C22H22N2O5/c1-14-19(15(2)29-24-14)13-27-20-12-8-7-11-18(20)22(26)28-16(3)21(25)23-17-9-5-4-6-10-17/h4-12,16H,13H2,1-3H3,(H,23,25)/t16-/m0/s1. The Morgan fingerprint density at radius 3 is 2.45 bits per heavy atom. The molecular formula is C22H22N2O5. The molecule has 0 bridgehead atoms. The number of anilines is 1. The van der Waals surface area contributed by atoms with Crippen molar-refractivity contribution in [2.24, 2.45) is 0 Å². The minimum atomic E-state index is -0.974. The van der Waals surface area contributed by atoms with Gasteiger partial charge in [0.25, 0.3) is 5.91 Å². The number of benzene rings is 2. The second kappa shape index (κ2) is 9.05. The van der Waals surface area contributed by atoms with E-state index in [1.165, 1.54) is 6.92 Å². The molecule has 0 aliphatic carbocycles. The van der Waals surface area contributed by atoms with Gasteiger partial charge in [0.05, 0.1) is 11.3 Å². The molecule has 7 nitrogen and oxygen atoms in total. The smallest absolute Gasteiger partial charge is 0.342 e. The van der Waals surface area contributed by atoms with Crippen LogP contribution in [0.1, 0.15) is 34.3 Å². The Bertz CT molecular complexity index is 978. The van der Waals surface area contributed by atoms with Gasteiger partial charge in [-0.3, -0.25) is 4.79 Å². The van der Waals surface area contributed by atoms with Crippen LogP contribution in [0.2, 0.25) is 0 Å². The molecule has 0 saturated heterocycles. The van der Waals surface area contributed by atoms with Crippen LogP contribution < -0.4 is 10.1 Å². The highest BCUT2D eigenvalue weighted by Gasteiger charge is 2.22. The van der Waals surface area contributed by atoms with Crippen molar-refractivity contribution in [1.29, 1.82) is 0 Å². The monoisotopic (exact) mass is 394 g/mol. The molecule has 1 heterocycles. The van der Waals surface area contributed by atoms with Crippen LogP contribution in [-0.4, -0.2) is 23.1 Å². The fraction of sp³-hybridized carbons (Fsp3) is 0.227. The summed E-state index contributed by atoms with van der Waals surface area (Å²) in [5.41, 5.74) is 2.42. The Kier molecular flexibility index (Phi) is 6.29. The molecule has 3 rings (SSSR count). The van der Waals surface area contributed by atoms with E-state index < -0.39 is 18.0 Å². The lowest BCUT2D eigenvalue weighted by Crippen LogP contribution is -2.30. The Morgan fingerprint density at radius 1 is 1.07 bits per heavy atom. The van der Waals surface area contributed by atoms with E-state index in [0.29, 0.717) is 17.2 Å². The number of hydrogen-bond acceptors (Lipinski definition) is 6. The second-order valence-electron chi connectivity index (χ2n) is 6.49. The van der Waals surface area contributed by atoms with Crippen molar-refractivity contribution < 1.29 is 23.6 Å². The summed E-state index contributed by atoms with van der Waals surface area (Å²) in [5, 5.41) is 6.59. The van der Waals surface area contributed by atoms with Crippen LogP contribution in [0.4, 0.5) is 5.69 Å². The number of hydrogen-bond donors (Lipinski definition) is 1. The number of amides is 1. The van der Waals surface area contributed by atoms with E-state index in [9.17, 15) is 9.59 Å². The number of rotatable bonds is 7. The Hall–Kier alpha value is -3.61. The number of esters is 1. The van der Waals surface area contributed by atoms with Gasteiger partial charge in [-0.1, -0.05) is 35.5 Å². The predicted molar refractivity (Wildman–Crippen MR) is 107 cm³/mol. The van der Waals surface area contributed by atoms with Gasteiger partial charge in [-0.25, -0.2) is 4.79 Å². The van der Waals surface area contributed by atoms with Gasteiger partial charge in [0.1, 0.15) is 23.7 Å². The SMILES string of the molecule is Cc1noc(C)c1COc1ccccc1C(=O)O[C@@H](C)C(=O)Nc1ccccc1. The molecule has 0 aliphatic rings. The number of carbonyl (C=O) groups is 2. The Balaban J connectivity index is 1.65. The molecule has 150 valence electrons. The highest BCUT2D eigenvalue weighted by molar-refractivity contribution is 5.98. The van der Waals surface area contributed by atoms with E-state index in [4.69, 9.17) is 14.0 Å². The highest BCUT2D eigenvalue weighted by Crippen LogP contribution is 2.23. The van der Waals surface area contributed by atoms with Crippen molar-refractivity contribution in [3.8, 4) is 5.75 Å². The molecular weight excluding hydrogens is 372 g/mol. The van der Waals surface area contributed by atoms with Crippen LogP contribution in [0, 0.1) is 13.8 Å². The van der Waals surface area contributed by atoms with Crippen LogP contribution >= 0.6 is 0 Å². The van der Waals surface area contributed by atoms with Crippen molar-refractivity contribution in [3.05, 3.63) is 77.2 Å². The first kappa shape index (κ1) is 20.1. The van der Waals surface area contributed by atoms with Crippen LogP contribution in [0.5, 0.6) is 5.75 Å². The van der Waals surface area contributed by atoms with E-state index in [1.807, 2.05) is 13.0 Å². The predicted octanol–water partition coefficient (Wildman–Crippen LogP) is 4.05. The summed E-state index contributed by atoms with van der Waals surface area (Å²) in [6.07, 6.45) is -0.974. The van der Waals surface area contributed by atoms with Gasteiger partial charge in [0.15, 0.2) is 6.10 Å². The van der Waals surface area contributed by atoms with E-state index in [0.717, 1.165) is 11.3 Å². The van der Waals surface area contributed by atoms with Gasteiger partial charge < -0.3 is 19.3 Å². The largest absolute Gasteiger partial charge is 0.488 e. The molecule has 0 saturated carbocycles. The fourth-order valence-electron chi connectivity index (χ4n) is 2.66. The Labute approximate surface area is 168 Å². The summed E-state index contributed by atoms with van der Waals surface area (Å²) in [6.45, 7) is 5.34. The van der Waals surface area contributed by atoms with Crippen LogP contribution in [0.15, 0.2) is 59.1 Å². The highest BCUT2D eigenvalue weighted by atomic mass is 16.5. The minimum absolute atomic E-state index is 0.204. The molecule has 0 radical (unpaired) electrons. The van der Waals surface area contributed by atoms with Crippen LogP contribution in [-0.2, 0) is 16.1 Å². The molecule has 1 atom stereocenters. The lowest BCUT2D eigenvalue weighted by Gasteiger charge is -2.15. The molecule has 3 aromatic rings. The maximum atomic E-state index is 12.6. The quantitative estimate of drug-likeness (QED) is 0.608.